The van der Waals surface area contributed by atoms with Gasteiger partial charge in [0, 0.05) is 0 Å². The monoisotopic (exact) mass is 271 g/mol. The zero-order valence-electron chi connectivity index (χ0n) is 11.9. The third kappa shape index (κ3) is 3.04. The Morgan fingerprint density at radius 3 is 2.00 bits per heavy atom. The number of nitrogens with one attached hydrogen (secondary N) is 1. The second-order valence-electron chi connectivity index (χ2n) is 7.27. The van der Waals surface area contributed by atoms with Crippen molar-refractivity contribution in [1.29, 1.82) is 0 Å². The molecule has 18 heavy (non-hydrogen) atoms. The molecule has 0 aromatic carbocycles. The van der Waals surface area contributed by atoms with Crippen LogP contribution in [0, 0.1) is 23.2 Å². The largest absolute Gasteiger partial charge is 0.317 e. The summed E-state index contributed by atoms with van der Waals surface area (Å²) in [6, 6.07) is 0. The van der Waals surface area contributed by atoms with Gasteiger partial charge in [-0.05, 0) is 94.0 Å². The van der Waals surface area contributed by atoms with Crippen molar-refractivity contribution >= 4 is 12.4 Å². The Labute approximate surface area is 119 Å². The highest BCUT2D eigenvalue weighted by Crippen LogP contribution is 2.61. The Hall–Kier alpha value is 0.250. The Morgan fingerprint density at radius 2 is 1.50 bits per heavy atom. The molecule has 4 aliphatic rings. The molecule has 0 heterocycles. The first-order valence-electron chi connectivity index (χ1n) is 8.00. The van der Waals surface area contributed by atoms with E-state index in [1.54, 1.807) is 38.5 Å². The van der Waals surface area contributed by atoms with Gasteiger partial charge in [0.25, 0.3) is 0 Å². The molecule has 1 nitrogen and oxygen atoms in total. The number of rotatable bonds is 6. The minimum atomic E-state index is 0. The minimum Gasteiger partial charge on any atom is -0.317 e. The van der Waals surface area contributed by atoms with Gasteiger partial charge in [-0.1, -0.05) is 6.92 Å². The molecule has 4 fully saturated rings. The van der Waals surface area contributed by atoms with E-state index in [4.69, 9.17) is 0 Å². The van der Waals surface area contributed by atoms with Crippen LogP contribution in [-0.2, 0) is 0 Å². The van der Waals surface area contributed by atoms with E-state index in [9.17, 15) is 0 Å². The van der Waals surface area contributed by atoms with Crippen molar-refractivity contribution in [3.05, 3.63) is 0 Å². The van der Waals surface area contributed by atoms with Crippen molar-refractivity contribution < 1.29 is 0 Å². The van der Waals surface area contributed by atoms with Crippen LogP contribution in [0.3, 0.4) is 0 Å². The third-order valence-electron chi connectivity index (χ3n) is 5.65. The predicted molar refractivity (Wildman–Crippen MR) is 80.2 cm³/mol. The maximum atomic E-state index is 3.57. The van der Waals surface area contributed by atoms with E-state index < -0.39 is 0 Å². The third-order valence-corrected chi connectivity index (χ3v) is 5.65. The number of halogens is 1. The SMILES string of the molecule is CCCNCCCC12CC3CC(CC(C3)C1)C2.Cl. The molecule has 0 amide bonds. The molecule has 0 spiro atoms. The lowest BCUT2D eigenvalue weighted by Crippen LogP contribution is -2.46. The maximum absolute atomic E-state index is 3.57. The van der Waals surface area contributed by atoms with Crippen molar-refractivity contribution in [2.45, 2.75) is 64.7 Å². The molecule has 0 radical (unpaired) electrons. The summed E-state index contributed by atoms with van der Waals surface area (Å²) in [6.07, 6.45) is 13.8. The summed E-state index contributed by atoms with van der Waals surface area (Å²) >= 11 is 0. The second-order valence-corrected chi connectivity index (χ2v) is 7.27. The first-order chi connectivity index (χ1) is 8.30. The van der Waals surface area contributed by atoms with Crippen LogP contribution in [0.5, 0.6) is 0 Å². The molecule has 1 N–H and O–H groups in total. The molecule has 4 saturated carbocycles. The average molecular weight is 272 g/mol. The van der Waals surface area contributed by atoms with Crippen molar-refractivity contribution in [3.8, 4) is 0 Å². The van der Waals surface area contributed by atoms with Crippen molar-refractivity contribution in [2.75, 3.05) is 13.1 Å². The van der Waals surface area contributed by atoms with Gasteiger partial charge in [-0.2, -0.15) is 0 Å². The molecule has 0 aliphatic heterocycles. The second kappa shape index (κ2) is 6.13. The van der Waals surface area contributed by atoms with E-state index in [2.05, 4.69) is 12.2 Å². The summed E-state index contributed by atoms with van der Waals surface area (Å²) in [5.74, 6) is 3.39. The van der Waals surface area contributed by atoms with Gasteiger partial charge in [0.1, 0.15) is 0 Å². The summed E-state index contributed by atoms with van der Waals surface area (Å²) in [6.45, 7) is 4.72. The lowest BCUT2D eigenvalue weighted by atomic mass is 9.48. The molecule has 0 unspecified atom stereocenters. The Bertz CT molecular complexity index is 229. The highest BCUT2D eigenvalue weighted by atomic mass is 35.5. The summed E-state index contributed by atoms with van der Waals surface area (Å²) in [5.41, 5.74) is 0.808. The lowest BCUT2D eigenvalue weighted by molar-refractivity contribution is -0.0579. The molecule has 106 valence electrons. The zero-order chi connectivity index (χ0) is 11.7. The van der Waals surface area contributed by atoms with Gasteiger partial charge in [-0.15, -0.1) is 12.4 Å². The van der Waals surface area contributed by atoms with Crippen LogP contribution >= 0.6 is 12.4 Å². The van der Waals surface area contributed by atoms with E-state index in [0.29, 0.717) is 0 Å². The molecular formula is C16H30ClN. The fraction of sp³-hybridized carbons (Fsp3) is 1.00. The van der Waals surface area contributed by atoms with Crippen LogP contribution in [0.4, 0.5) is 0 Å². The van der Waals surface area contributed by atoms with Gasteiger partial charge in [-0.3, -0.25) is 0 Å². The topological polar surface area (TPSA) is 12.0 Å². The average Bonchev–Trinajstić information content (AvgIpc) is 2.26. The maximum Gasteiger partial charge on any atom is -0.00487 e. The molecule has 4 aliphatic carbocycles. The molecule has 0 saturated heterocycles. The van der Waals surface area contributed by atoms with Crippen LogP contribution in [0.25, 0.3) is 0 Å². The summed E-state index contributed by atoms with van der Waals surface area (Å²) in [5, 5.41) is 3.57. The Morgan fingerprint density at radius 1 is 0.944 bits per heavy atom. The molecule has 0 atom stereocenters. The first kappa shape index (κ1) is 14.7. The quantitative estimate of drug-likeness (QED) is 0.706. The first-order valence-corrected chi connectivity index (χ1v) is 8.00. The van der Waals surface area contributed by atoms with Crippen molar-refractivity contribution in [3.63, 3.8) is 0 Å². The standard InChI is InChI=1S/C16H29N.ClH/c1-2-5-17-6-3-4-16-10-13-7-14(11-16)9-15(8-13)12-16;/h13-15,17H,2-12H2,1H3;1H. The normalized spacial score (nSPS) is 40.8. The smallest absolute Gasteiger partial charge is 0.00487 e. The molecule has 2 heteroatoms. The highest BCUT2D eigenvalue weighted by Gasteiger charge is 2.50. The summed E-state index contributed by atoms with van der Waals surface area (Å²) in [7, 11) is 0. The van der Waals surface area contributed by atoms with E-state index in [0.717, 1.165) is 23.2 Å². The van der Waals surface area contributed by atoms with Crippen LogP contribution in [-0.4, -0.2) is 13.1 Å². The van der Waals surface area contributed by atoms with Gasteiger partial charge < -0.3 is 5.32 Å². The lowest BCUT2D eigenvalue weighted by Gasteiger charge is -2.57. The summed E-state index contributed by atoms with van der Waals surface area (Å²) < 4.78 is 0. The zero-order valence-corrected chi connectivity index (χ0v) is 12.7. The minimum absolute atomic E-state index is 0. The number of hydrogen-bond acceptors (Lipinski definition) is 1. The van der Waals surface area contributed by atoms with Crippen LogP contribution in [0.15, 0.2) is 0 Å². The summed E-state index contributed by atoms with van der Waals surface area (Å²) in [4.78, 5) is 0. The van der Waals surface area contributed by atoms with E-state index >= 15 is 0 Å². The Kier molecular flexibility index (Phi) is 4.99. The fourth-order valence-electron chi connectivity index (χ4n) is 5.49. The molecule has 4 rings (SSSR count). The fourth-order valence-corrected chi connectivity index (χ4v) is 5.49. The molecular weight excluding hydrogens is 242 g/mol. The van der Waals surface area contributed by atoms with Gasteiger partial charge in [0.15, 0.2) is 0 Å². The molecule has 0 aromatic rings. The van der Waals surface area contributed by atoms with E-state index in [1.165, 1.54) is 32.4 Å². The van der Waals surface area contributed by atoms with Crippen molar-refractivity contribution in [1.82, 2.24) is 5.32 Å². The van der Waals surface area contributed by atoms with E-state index in [1.807, 2.05) is 0 Å². The Balaban J connectivity index is 0.00000120. The van der Waals surface area contributed by atoms with Crippen LogP contribution in [0.1, 0.15) is 64.7 Å². The highest BCUT2D eigenvalue weighted by molar-refractivity contribution is 5.85. The van der Waals surface area contributed by atoms with Crippen LogP contribution in [0.2, 0.25) is 0 Å². The predicted octanol–water partition coefficient (Wildman–Crippen LogP) is 4.40. The number of hydrogen-bond donors (Lipinski definition) is 1. The van der Waals surface area contributed by atoms with Gasteiger partial charge in [0.2, 0.25) is 0 Å². The van der Waals surface area contributed by atoms with Gasteiger partial charge >= 0.3 is 0 Å². The van der Waals surface area contributed by atoms with Crippen molar-refractivity contribution in [2.24, 2.45) is 23.2 Å². The van der Waals surface area contributed by atoms with Gasteiger partial charge in [-0.25, -0.2) is 0 Å². The van der Waals surface area contributed by atoms with Gasteiger partial charge in [0.05, 0.1) is 0 Å². The van der Waals surface area contributed by atoms with E-state index in [-0.39, 0.29) is 12.4 Å². The molecule has 4 bridgehead atoms. The van der Waals surface area contributed by atoms with Crippen LogP contribution < -0.4 is 5.32 Å². The molecule has 0 aromatic heterocycles.